The van der Waals surface area contributed by atoms with Crippen LogP contribution >= 0.6 is 11.6 Å². The summed E-state index contributed by atoms with van der Waals surface area (Å²) < 4.78 is 7.66. The van der Waals surface area contributed by atoms with Gasteiger partial charge >= 0.3 is 0 Å². The van der Waals surface area contributed by atoms with Crippen molar-refractivity contribution in [2.45, 2.75) is 26.4 Å². The predicted molar refractivity (Wildman–Crippen MR) is 73.1 cm³/mol. The average molecular weight is 265 g/mol. The maximum absolute atomic E-state index is 5.94. The number of hydrogen-bond donors (Lipinski definition) is 0. The topological polar surface area (TPSA) is 27.1 Å². The summed E-state index contributed by atoms with van der Waals surface area (Å²) in [5.41, 5.74) is 1.21. The minimum atomic E-state index is 0.424. The average Bonchev–Trinajstić information content (AvgIpc) is 2.68. The number of hydrogen-bond acceptors (Lipinski definition) is 2. The number of rotatable bonds is 4. The third-order valence-electron chi connectivity index (χ3n) is 2.93. The van der Waals surface area contributed by atoms with Gasteiger partial charge in [0.25, 0.3) is 0 Å². The maximum atomic E-state index is 5.94. The zero-order chi connectivity index (χ0) is 13.1. The van der Waals surface area contributed by atoms with Crippen LogP contribution in [-0.4, -0.2) is 9.55 Å². The molecule has 1 aromatic carbocycles. The highest BCUT2D eigenvalue weighted by molar-refractivity contribution is 6.29. The molecule has 0 fully saturated rings. The highest BCUT2D eigenvalue weighted by Gasteiger charge is 2.09. The Bertz CT molecular complexity index is 534. The summed E-state index contributed by atoms with van der Waals surface area (Å²) in [6.07, 6.45) is 1.63. The van der Waals surface area contributed by atoms with Crippen molar-refractivity contribution >= 4 is 11.6 Å². The van der Waals surface area contributed by atoms with Gasteiger partial charge in [-0.2, -0.15) is 0 Å². The number of halogens is 1. The highest BCUT2D eigenvalue weighted by atomic mass is 35.5. The lowest BCUT2D eigenvalue weighted by atomic mass is 10.0. The van der Waals surface area contributed by atoms with Gasteiger partial charge in [0, 0.05) is 7.05 Å². The van der Waals surface area contributed by atoms with Crippen LogP contribution in [0.3, 0.4) is 0 Å². The molecule has 18 heavy (non-hydrogen) atoms. The molecule has 0 saturated heterocycles. The highest BCUT2D eigenvalue weighted by Crippen LogP contribution is 2.26. The van der Waals surface area contributed by atoms with Gasteiger partial charge in [0.2, 0.25) is 0 Å². The van der Waals surface area contributed by atoms with Crippen molar-refractivity contribution in [1.82, 2.24) is 9.55 Å². The number of imidazole rings is 1. The van der Waals surface area contributed by atoms with Crippen molar-refractivity contribution in [1.29, 1.82) is 0 Å². The SMILES string of the molecule is CC(C)c1ccccc1OCc1ncc(Cl)n1C. The number of ether oxygens (including phenoxy) is 1. The number of para-hydroxylation sites is 1. The van der Waals surface area contributed by atoms with Crippen LogP contribution in [0.1, 0.15) is 31.2 Å². The molecule has 2 aromatic rings. The molecule has 4 heteroatoms. The van der Waals surface area contributed by atoms with E-state index >= 15 is 0 Å². The Balaban J connectivity index is 2.13. The first-order valence-corrected chi connectivity index (χ1v) is 6.35. The molecule has 0 N–H and O–H groups in total. The lowest BCUT2D eigenvalue weighted by molar-refractivity contribution is 0.288. The quantitative estimate of drug-likeness (QED) is 0.840. The summed E-state index contributed by atoms with van der Waals surface area (Å²) >= 11 is 5.94. The van der Waals surface area contributed by atoms with Crippen LogP contribution in [0.4, 0.5) is 0 Å². The fourth-order valence-electron chi connectivity index (χ4n) is 1.79. The molecule has 0 spiro atoms. The predicted octanol–water partition coefficient (Wildman–Crippen LogP) is 3.78. The van der Waals surface area contributed by atoms with Crippen molar-refractivity contribution in [3.8, 4) is 5.75 Å². The van der Waals surface area contributed by atoms with Crippen molar-refractivity contribution < 1.29 is 4.74 Å². The van der Waals surface area contributed by atoms with E-state index in [1.807, 2.05) is 29.8 Å². The van der Waals surface area contributed by atoms with E-state index in [0.717, 1.165) is 11.6 Å². The van der Waals surface area contributed by atoms with Crippen LogP contribution < -0.4 is 4.74 Å². The standard InChI is InChI=1S/C14H17ClN2O/c1-10(2)11-6-4-5-7-12(11)18-9-14-16-8-13(15)17(14)3/h4-8,10H,9H2,1-3H3. The minimum Gasteiger partial charge on any atom is -0.485 e. The molecule has 2 rings (SSSR count). The Morgan fingerprint density at radius 3 is 2.67 bits per heavy atom. The van der Waals surface area contributed by atoms with Crippen LogP contribution in [0.15, 0.2) is 30.5 Å². The fourth-order valence-corrected chi connectivity index (χ4v) is 1.94. The molecule has 3 nitrogen and oxygen atoms in total. The van der Waals surface area contributed by atoms with Crippen LogP contribution in [0.2, 0.25) is 5.15 Å². The Kier molecular flexibility index (Phi) is 3.92. The molecule has 1 heterocycles. The molecule has 0 amide bonds. The van der Waals surface area contributed by atoms with E-state index in [1.165, 1.54) is 5.56 Å². The number of nitrogens with zero attached hydrogens (tertiary/aromatic N) is 2. The third-order valence-corrected chi connectivity index (χ3v) is 3.28. The summed E-state index contributed by atoms with van der Waals surface area (Å²) in [5, 5.41) is 0.616. The lowest BCUT2D eigenvalue weighted by Crippen LogP contribution is -2.05. The third kappa shape index (κ3) is 2.67. The zero-order valence-corrected chi connectivity index (χ0v) is 11.6. The van der Waals surface area contributed by atoms with E-state index in [2.05, 4.69) is 24.9 Å². The summed E-state index contributed by atoms with van der Waals surface area (Å²) in [7, 11) is 1.88. The molecular formula is C14H17ClN2O. The van der Waals surface area contributed by atoms with Gasteiger partial charge in [-0.25, -0.2) is 4.98 Å². The van der Waals surface area contributed by atoms with E-state index < -0.39 is 0 Å². The Morgan fingerprint density at radius 1 is 1.33 bits per heavy atom. The largest absolute Gasteiger partial charge is 0.485 e. The molecule has 1 aromatic heterocycles. The van der Waals surface area contributed by atoms with Gasteiger partial charge in [-0.15, -0.1) is 0 Å². The second-order valence-electron chi connectivity index (χ2n) is 4.54. The number of aromatic nitrogens is 2. The molecule has 0 unspecified atom stereocenters. The number of benzene rings is 1. The molecule has 0 saturated carbocycles. The van der Waals surface area contributed by atoms with Crippen molar-refractivity contribution in [2.24, 2.45) is 7.05 Å². The molecule has 0 aliphatic heterocycles. The van der Waals surface area contributed by atoms with Gasteiger partial charge in [0.05, 0.1) is 6.20 Å². The van der Waals surface area contributed by atoms with Crippen molar-refractivity contribution in [3.63, 3.8) is 0 Å². The van der Waals surface area contributed by atoms with E-state index in [9.17, 15) is 0 Å². The summed E-state index contributed by atoms with van der Waals surface area (Å²) in [6, 6.07) is 8.08. The normalized spacial score (nSPS) is 10.9. The first kappa shape index (κ1) is 13.0. The lowest BCUT2D eigenvalue weighted by Gasteiger charge is -2.13. The van der Waals surface area contributed by atoms with Gasteiger partial charge in [-0.05, 0) is 17.5 Å². The first-order chi connectivity index (χ1) is 8.59. The first-order valence-electron chi connectivity index (χ1n) is 5.97. The van der Waals surface area contributed by atoms with Crippen LogP contribution in [0.5, 0.6) is 5.75 Å². The molecule has 0 bridgehead atoms. The van der Waals surface area contributed by atoms with Crippen LogP contribution in [0.25, 0.3) is 0 Å². The Hall–Kier alpha value is -1.48. The Labute approximate surface area is 112 Å². The zero-order valence-electron chi connectivity index (χ0n) is 10.9. The van der Waals surface area contributed by atoms with Crippen LogP contribution in [0, 0.1) is 0 Å². The Morgan fingerprint density at radius 2 is 2.06 bits per heavy atom. The van der Waals surface area contributed by atoms with E-state index in [4.69, 9.17) is 16.3 Å². The van der Waals surface area contributed by atoms with Crippen molar-refractivity contribution in [3.05, 3.63) is 47.0 Å². The monoisotopic (exact) mass is 264 g/mol. The maximum Gasteiger partial charge on any atom is 0.147 e. The van der Waals surface area contributed by atoms with E-state index in [0.29, 0.717) is 17.7 Å². The van der Waals surface area contributed by atoms with Gasteiger partial charge in [0.15, 0.2) is 0 Å². The summed E-state index contributed by atoms with van der Waals surface area (Å²) in [6.45, 7) is 4.73. The molecule has 0 aliphatic rings. The molecule has 0 atom stereocenters. The second-order valence-corrected chi connectivity index (χ2v) is 4.92. The van der Waals surface area contributed by atoms with Crippen LogP contribution in [-0.2, 0) is 13.7 Å². The van der Waals surface area contributed by atoms with E-state index in [1.54, 1.807) is 6.20 Å². The minimum absolute atomic E-state index is 0.424. The molecule has 96 valence electrons. The van der Waals surface area contributed by atoms with Gasteiger partial charge in [-0.3, -0.25) is 0 Å². The smallest absolute Gasteiger partial charge is 0.147 e. The van der Waals surface area contributed by atoms with Crippen molar-refractivity contribution in [2.75, 3.05) is 0 Å². The summed E-state index contributed by atoms with van der Waals surface area (Å²) in [5.74, 6) is 2.16. The summed E-state index contributed by atoms with van der Waals surface area (Å²) in [4.78, 5) is 4.21. The molecular weight excluding hydrogens is 248 g/mol. The van der Waals surface area contributed by atoms with E-state index in [-0.39, 0.29) is 0 Å². The fraction of sp³-hybridized carbons (Fsp3) is 0.357. The van der Waals surface area contributed by atoms with Gasteiger partial charge in [0.1, 0.15) is 23.3 Å². The van der Waals surface area contributed by atoms with Gasteiger partial charge in [-0.1, -0.05) is 43.6 Å². The molecule has 0 radical (unpaired) electrons. The second kappa shape index (κ2) is 5.44. The molecule has 0 aliphatic carbocycles. The van der Waals surface area contributed by atoms with Gasteiger partial charge < -0.3 is 9.30 Å².